The molecule has 0 aromatic heterocycles. The number of cyclic esters (lactones) is 1. The van der Waals surface area contributed by atoms with E-state index in [0.717, 1.165) is 32.2 Å². The average Bonchev–Trinajstić information content (AvgIpc) is 3.34. The largest absolute Gasteiger partial charge is 0.505 e. The summed E-state index contributed by atoms with van der Waals surface area (Å²) < 4.78 is 4.32. The maximum atomic E-state index is 10.5. The predicted molar refractivity (Wildman–Crippen MR) is 117 cm³/mol. The van der Waals surface area contributed by atoms with Gasteiger partial charge in [-0.3, -0.25) is 9.59 Å². The van der Waals surface area contributed by atoms with Crippen LogP contribution < -0.4 is 16.8 Å². The second kappa shape index (κ2) is 18.7. The third-order valence-electron chi connectivity index (χ3n) is 4.12. The van der Waals surface area contributed by atoms with Crippen LogP contribution in [0.4, 0.5) is 0 Å². The maximum Gasteiger partial charge on any atom is 0.377 e. The van der Waals surface area contributed by atoms with E-state index in [4.69, 9.17) is 42.1 Å². The molecule has 2 aliphatic rings. The first-order valence-electron chi connectivity index (χ1n) is 9.33. The number of hydrogen-bond donors (Lipinski definition) is 9. The number of carboxylic acid groups (broad SMARTS) is 2. The van der Waals surface area contributed by atoms with Crippen LogP contribution in [0.15, 0.2) is 11.5 Å². The van der Waals surface area contributed by atoms with E-state index in [9.17, 15) is 14.4 Å². The van der Waals surface area contributed by atoms with Crippen molar-refractivity contribution in [3.8, 4) is 0 Å². The van der Waals surface area contributed by atoms with Gasteiger partial charge in [0, 0.05) is 0 Å². The Balaban J connectivity index is -0.000000389. The molecule has 0 aromatic carbocycles. The van der Waals surface area contributed by atoms with Gasteiger partial charge in [-0.05, 0) is 38.8 Å². The van der Waals surface area contributed by atoms with Crippen LogP contribution >= 0.6 is 24.8 Å². The summed E-state index contributed by atoms with van der Waals surface area (Å²) in [5, 5.41) is 54.6. The number of nitrogens with one attached hydrogen (secondary N) is 1. The summed E-state index contributed by atoms with van der Waals surface area (Å²) in [5.74, 6) is -4.43. The Hall–Kier alpha value is -1.87. The SMILES string of the molecule is Cl.Cl.NCCCC[C@H](N)C(=O)O.O=C(O)[C@@H]1CCCN1.O=C1O[C@H]([C@@H](O)CO)C(O)=C1O. The summed E-state index contributed by atoms with van der Waals surface area (Å²) in [6.45, 7) is 0.790. The fourth-order valence-corrected chi connectivity index (χ4v) is 2.35. The molecule has 0 spiro atoms. The normalized spacial score (nSPS) is 20.8. The van der Waals surface area contributed by atoms with Gasteiger partial charge in [-0.2, -0.15) is 0 Å². The van der Waals surface area contributed by atoms with Crippen LogP contribution in [-0.2, 0) is 19.1 Å². The van der Waals surface area contributed by atoms with Crippen molar-refractivity contribution in [2.75, 3.05) is 19.7 Å². The lowest BCUT2D eigenvalue weighted by Gasteiger charge is -2.13. The molecule has 1 fully saturated rings. The van der Waals surface area contributed by atoms with E-state index in [0.29, 0.717) is 13.0 Å². The van der Waals surface area contributed by atoms with Gasteiger partial charge in [-0.1, -0.05) is 6.42 Å². The van der Waals surface area contributed by atoms with Crippen LogP contribution in [0.3, 0.4) is 0 Å². The minimum absolute atomic E-state index is 0. The molecule has 0 amide bonds. The highest BCUT2D eigenvalue weighted by atomic mass is 35.5. The van der Waals surface area contributed by atoms with E-state index in [1.807, 2.05) is 0 Å². The summed E-state index contributed by atoms with van der Waals surface area (Å²) in [7, 11) is 0. The monoisotopic (exact) mass is 509 g/mol. The molecule has 0 aliphatic carbocycles. The molecule has 15 heteroatoms. The molecule has 0 radical (unpaired) electrons. The van der Waals surface area contributed by atoms with Gasteiger partial charge in [0.15, 0.2) is 11.9 Å². The average molecular weight is 510 g/mol. The van der Waals surface area contributed by atoms with Crippen molar-refractivity contribution in [2.45, 2.75) is 56.4 Å². The van der Waals surface area contributed by atoms with Gasteiger partial charge in [0.1, 0.15) is 18.2 Å². The van der Waals surface area contributed by atoms with Crippen molar-refractivity contribution in [3.05, 3.63) is 11.5 Å². The lowest BCUT2D eigenvalue weighted by Crippen LogP contribution is -2.31. The van der Waals surface area contributed by atoms with Gasteiger partial charge in [-0.25, -0.2) is 4.79 Å². The molecule has 2 rings (SSSR count). The van der Waals surface area contributed by atoms with Crippen LogP contribution in [0.1, 0.15) is 32.1 Å². The lowest BCUT2D eigenvalue weighted by atomic mass is 10.1. The molecule has 0 unspecified atom stereocenters. The molecule has 2 heterocycles. The number of esters is 1. The smallest absolute Gasteiger partial charge is 0.377 e. The fourth-order valence-electron chi connectivity index (χ4n) is 2.35. The Labute approximate surface area is 197 Å². The third kappa shape index (κ3) is 12.9. The standard InChI is InChI=1S/C6H14N2O2.C6H8O6.C5H9NO2.2ClH/c7-4-2-1-3-5(8)6(9)10;7-1-2(8)5-3(9)4(10)6(11)12-5;7-5(8)4-2-1-3-6-4;;/h5H,1-4,7-8H2,(H,9,10);2,5,7-10H,1H2;4,6H,1-3H2,(H,7,8);2*1H/t5-;2-,5+;4-;;/m000../s1. The minimum atomic E-state index is -1.42. The number of rotatable bonds is 8. The van der Waals surface area contributed by atoms with Gasteiger partial charge in [-0.15, -0.1) is 24.8 Å². The summed E-state index contributed by atoms with van der Waals surface area (Å²) in [6, 6.07) is -0.985. The van der Waals surface area contributed by atoms with Gasteiger partial charge >= 0.3 is 17.9 Å². The van der Waals surface area contributed by atoms with Gasteiger partial charge in [0.2, 0.25) is 5.76 Å². The van der Waals surface area contributed by atoms with Gasteiger partial charge < -0.3 is 52.2 Å². The number of carbonyl (C=O) groups is 3. The highest BCUT2D eigenvalue weighted by molar-refractivity contribution is 5.89. The predicted octanol–water partition coefficient (Wildman–Crippen LogP) is -1.21. The van der Waals surface area contributed by atoms with E-state index >= 15 is 0 Å². The highest BCUT2D eigenvalue weighted by Gasteiger charge is 2.38. The summed E-state index contributed by atoms with van der Waals surface area (Å²) in [6.07, 6.45) is 1.17. The number of aliphatic carboxylic acids is 2. The molecule has 4 atom stereocenters. The zero-order chi connectivity index (χ0) is 23.3. The van der Waals surface area contributed by atoms with Crippen molar-refractivity contribution in [1.82, 2.24) is 5.32 Å². The maximum absolute atomic E-state index is 10.5. The van der Waals surface area contributed by atoms with Crippen molar-refractivity contribution in [1.29, 1.82) is 0 Å². The second-order valence-electron chi connectivity index (χ2n) is 6.53. The molecule has 0 saturated carbocycles. The van der Waals surface area contributed by atoms with Crippen molar-refractivity contribution in [2.24, 2.45) is 11.5 Å². The van der Waals surface area contributed by atoms with E-state index in [2.05, 4.69) is 10.1 Å². The summed E-state index contributed by atoms with van der Waals surface area (Å²) >= 11 is 0. The fraction of sp³-hybridized carbons (Fsp3) is 0.706. The van der Waals surface area contributed by atoms with Crippen molar-refractivity contribution in [3.63, 3.8) is 0 Å². The molecule has 2 aliphatic heterocycles. The third-order valence-corrected chi connectivity index (χ3v) is 4.12. The molecule has 0 bridgehead atoms. The Morgan fingerprint density at radius 2 is 1.78 bits per heavy atom. The summed E-state index contributed by atoms with van der Waals surface area (Å²) in [5.41, 5.74) is 10.4. The Morgan fingerprint density at radius 3 is 2.09 bits per heavy atom. The second-order valence-corrected chi connectivity index (χ2v) is 6.53. The molecule has 1 saturated heterocycles. The van der Waals surface area contributed by atoms with Gasteiger partial charge in [0.05, 0.1) is 6.61 Å². The number of unbranched alkanes of at least 4 members (excludes halogenated alkanes) is 1. The van der Waals surface area contributed by atoms with Crippen molar-refractivity contribution < 1.29 is 49.8 Å². The number of hydrogen-bond acceptors (Lipinski definition) is 11. The van der Waals surface area contributed by atoms with Crippen LogP contribution in [-0.4, -0.2) is 92.5 Å². The molecular weight excluding hydrogens is 477 g/mol. The lowest BCUT2D eigenvalue weighted by molar-refractivity contribution is -0.147. The zero-order valence-electron chi connectivity index (χ0n) is 17.3. The number of aliphatic hydroxyl groups is 4. The first-order chi connectivity index (χ1) is 14.1. The van der Waals surface area contributed by atoms with E-state index in [-0.39, 0.29) is 30.9 Å². The number of nitrogens with two attached hydrogens (primary N) is 2. The van der Waals surface area contributed by atoms with E-state index in [1.165, 1.54) is 0 Å². The van der Waals surface area contributed by atoms with Crippen LogP contribution in [0.25, 0.3) is 0 Å². The first kappa shape index (κ1) is 34.7. The number of aliphatic hydroxyl groups excluding tert-OH is 4. The quantitative estimate of drug-likeness (QED) is 0.137. The van der Waals surface area contributed by atoms with Crippen LogP contribution in [0.2, 0.25) is 0 Å². The Kier molecular flexibility index (Phi) is 20.3. The zero-order valence-corrected chi connectivity index (χ0v) is 18.9. The molecular formula is C17H33Cl2N3O10. The molecule has 11 N–H and O–H groups in total. The number of ether oxygens (including phenoxy) is 1. The number of carboxylic acids is 2. The number of halogens is 2. The van der Waals surface area contributed by atoms with E-state index in [1.54, 1.807) is 0 Å². The van der Waals surface area contributed by atoms with Crippen LogP contribution in [0, 0.1) is 0 Å². The Morgan fingerprint density at radius 1 is 1.19 bits per heavy atom. The molecule has 190 valence electrons. The first-order valence-corrected chi connectivity index (χ1v) is 9.33. The van der Waals surface area contributed by atoms with E-state index < -0.39 is 54.3 Å². The molecule has 13 nitrogen and oxygen atoms in total. The number of carbonyl (C=O) groups excluding carboxylic acids is 1. The van der Waals surface area contributed by atoms with Crippen molar-refractivity contribution >= 4 is 42.7 Å². The summed E-state index contributed by atoms with van der Waals surface area (Å²) in [4.78, 5) is 30.8. The van der Waals surface area contributed by atoms with Crippen LogP contribution in [0.5, 0.6) is 0 Å². The molecule has 32 heavy (non-hydrogen) atoms. The van der Waals surface area contributed by atoms with Gasteiger partial charge in [0.25, 0.3) is 0 Å². The Bertz CT molecular complexity index is 603. The topological polar surface area (TPSA) is 246 Å². The highest BCUT2D eigenvalue weighted by Crippen LogP contribution is 2.20. The molecule has 0 aromatic rings. The minimum Gasteiger partial charge on any atom is -0.505 e.